The maximum Gasteiger partial charge on any atom is 0.344 e. The van der Waals surface area contributed by atoms with Gasteiger partial charge in [0.25, 0.3) is 0 Å². The van der Waals surface area contributed by atoms with E-state index in [1.807, 2.05) is 0 Å². The van der Waals surface area contributed by atoms with E-state index in [1.54, 1.807) is 13.0 Å². The van der Waals surface area contributed by atoms with Crippen molar-refractivity contribution in [3.05, 3.63) is 23.3 Å². The van der Waals surface area contributed by atoms with Crippen LogP contribution in [0.1, 0.15) is 17.5 Å². The van der Waals surface area contributed by atoms with Crippen molar-refractivity contribution in [1.29, 1.82) is 0 Å². The van der Waals surface area contributed by atoms with Gasteiger partial charge in [0.05, 0.1) is 0 Å². The summed E-state index contributed by atoms with van der Waals surface area (Å²) >= 11 is 0. The van der Waals surface area contributed by atoms with Gasteiger partial charge < -0.3 is 14.9 Å². The highest BCUT2D eigenvalue weighted by atomic mass is 16.5. The van der Waals surface area contributed by atoms with Gasteiger partial charge in [0, 0.05) is 5.56 Å². The average Bonchev–Trinajstić information content (AvgIpc) is 2.23. The molecule has 0 aromatic heterocycles. The van der Waals surface area contributed by atoms with Crippen molar-refractivity contribution in [2.75, 3.05) is 0 Å². The van der Waals surface area contributed by atoms with Gasteiger partial charge in [-0.25, -0.2) is 4.79 Å². The summed E-state index contributed by atoms with van der Waals surface area (Å²) in [4.78, 5) is 10.7. The highest BCUT2D eigenvalue weighted by molar-refractivity contribution is 5.73. The highest BCUT2D eigenvalue weighted by Gasteiger charge is 2.26. The number of rotatable bonds is 1. The van der Waals surface area contributed by atoms with Crippen molar-refractivity contribution in [1.82, 2.24) is 0 Å². The van der Waals surface area contributed by atoms with E-state index in [1.165, 1.54) is 6.07 Å². The molecule has 0 amide bonds. The molecule has 4 nitrogen and oxygen atoms in total. The van der Waals surface area contributed by atoms with Crippen LogP contribution in [0, 0.1) is 6.92 Å². The molecule has 0 radical (unpaired) electrons. The molecule has 1 unspecified atom stereocenters. The summed E-state index contributed by atoms with van der Waals surface area (Å²) in [6.07, 6.45) is 0.320. The molecule has 2 N–H and O–H groups in total. The summed E-state index contributed by atoms with van der Waals surface area (Å²) in [5, 5.41) is 18.3. The Balaban J connectivity index is 2.36. The summed E-state index contributed by atoms with van der Waals surface area (Å²) in [5.41, 5.74) is 1.68. The highest BCUT2D eigenvalue weighted by Crippen LogP contribution is 2.34. The molecule has 0 aliphatic carbocycles. The first-order valence-corrected chi connectivity index (χ1v) is 4.80. The van der Waals surface area contributed by atoms with Crippen LogP contribution >= 0.6 is 0 Å². The van der Waals surface area contributed by atoms with Crippen LogP contribution in [0.25, 0.3) is 0 Å². The third-order valence-electron chi connectivity index (χ3n) is 2.73. The molecular weight excluding hydrogens is 196 g/mol. The molecule has 0 bridgehead atoms. The van der Waals surface area contributed by atoms with Crippen molar-refractivity contribution in [2.45, 2.75) is 25.9 Å². The molecule has 1 aliphatic rings. The Labute approximate surface area is 87.1 Å². The lowest BCUT2D eigenvalue weighted by molar-refractivity contribution is -0.145. The van der Waals surface area contributed by atoms with Gasteiger partial charge in [-0.15, -0.1) is 0 Å². The summed E-state index contributed by atoms with van der Waals surface area (Å²) in [5.74, 6) is -0.138. The van der Waals surface area contributed by atoms with Crippen molar-refractivity contribution in [3.63, 3.8) is 0 Å². The number of fused-ring (bicyclic) bond motifs is 1. The van der Waals surface area contributed by atoms with Crippen LogP contribution in [0.2, 0.25) is 0 Å². The van der Waals surface area contributed by atoms with Crippen LogP contribution in [0.4, 0.5) is 0 Å². The zero-order valence-electron chi connectivity index (χ0n) is 8.36. The summed E-state index contributed by atoms with van der Waals surface area (Å²) < 4.78 is 5.32. The van der Waals surface area contributed by atoms with Crippen LogP contribution in [0.5, 0.6) is 11.5 Å². The van der Waals surface area contributed by atoms with E-state index in [2.05, 4.69) is 0 Å². The minimum Gasteiger partial charge on any atom is -0.508 e. The van der Waals surface area contributed by atoms with Gasteiger partial charge in [-0.2, -0.15) is 0 Å². The Morgan fingerprint density at radius 2 is 2.27 bits per heavy atom. The number of phenolic OH excluding ortho intramolecular Hbond substituents is 1. The normalized spacial score (nSPS) is 19.1. The van der Waals surface area contributed by atoms with Crippen molar-refractivity contribution in [3.8, 4) is 11.5 Å². The quantitative estimate of drug-likeness (QED) is 0.733. The molecule has 1 aromatic carbocycles. The number of aromatic hydroxyl groups is 1. The van der Waals surface area contributed by atoms with Crippen LogP contribution in [-0.4, -0.2) is 22.3 Å². The molecule has 0 saturated heterocycles. The predicted octanol–water partition coefficient (Wildman–Crippen LogP) is 1.48. The predicted molar refractivity (Wildman–Crippen MR) is 53.2 cm³/mol. The van der Waals surface area contributed by atoms with E-state index >= 15 is 0 Å². The fraction of sp³-hybridized carbons (Fsp3) is 0.364. The zero-order valence-corrected chi connectivity index (χ0v) is 8.36. The Morgan fingerprint density at radius 1 is 1.53 bits per heavy atom. The minimum atomic E-state index is -0.939. The number of carboxylic acid groups (broad SMARTS) is 1. The molecule has 1 aromatic rings. The lowest BCUT2D eigenvalue weighted by atomic mass is 9.97. The third-order valence-corrected chi connectivity index (χ3v) is 2.73. The van der Waals surface area contributed by atoms with Gasteiger partial charge in [0.2, 0.25) is 0 Å². The topological polar surface area (TPSA) is 66.8 Å². The number of phenols is 1. The molecule has 4 heteroatoms. The first-order valence-electron chi connectivity index (χ1n) is 4.80. The molecule has 0 fully saturated rings. The van der Waals surface area contributed by atoms with Crippen molar-refractivity contribution >= 4 is 5.97 Å². The lowest BCUT2D eigenvalue weighted by Crippen LogP contribution is -2.31. The van der Waals surface area contributed by atoms with Crippen molar-refractivity contribution in [2.24, 2.45) is 0 Å². The molecule has 1 heterocycles. The lowest BCUT2D eigenvalue weighted by Gasteiger charge is -2.24. The SMILES string of the molecule is Cc1c(O)ccc2c1CCC(C(=O)O)O2. The van der Waals surface area contributed by atoms with Gasteiger partial charge in [0.15, 0.2) is 6.10 Å². The van der Waals surface area contributed by atoms with Crippen molar-refractivity contribution < 1.29 is 19.7 Å². The standard InChI is InChI=1S/C11H12O4/c1-6-7-2-4-10(11(13)14)15-9(7)5-3-8(6)12/h3,5,10,12H,2,4H2,1H3,(H,13,14). The number of hydrogen-bond donors (Lipinski definition) is 2. The number of carboxylic acids is 1. The summed E-state index contributed by atoms with van der Waals surface area (Å²) in [6, 6.07) is 3.14. The van der Waals surface area contributed by atoms with Crippen LogP contribution in [-0.2, 0) is 11.2 Å². The molecule has 0 spiro atoms. The Morgan fingerprint density at radius 3 is 2.93 bits per heavy atom. The van der Waals surface area contributed by atoms with E-state index < -0.39 is 12.1 Å². The van der Waals surface area contributed by atoms with E-state index in [4.69, 9.17) is 9.84 Å². The smallest absolute Gasteiger partial charge is 0.344 e. The molecular formula is C11H12O4. The molecule has 2 rings (SSSR count). The monoisotopic (exact) mass is 208 g/mol. The molecule has 1 aliphatic heterocycles. The maximum atomic E-state index is 10.7. The minimum absolute atomic E-state index is 0.228. The van der Waals surface area contributed by atoms with Crippen LogP contribution < -0.4 is 4.74 Å². The van der Waals surface area contributed by atoms with Crippen LogP contribution in [0.15, 0.2) is 12.1 Å². The van der Waals surface area contributed by atoms with Crippen LogP contribution in [0.3, 0.4) is 0 Å². The molecule has 80 valence electrons. The second kappa shape index (κ2) is 3.46. The largest absolute Gasteiger partial charge is 0.508 e. The number of benzene rings is 1. The summed E-state index contributed by atoms with van der Waals surface area (Å²) in [6.45, 7) is 1.80. The van der Waals surface area contributed by atoms with Gasteiger partial charge >= 0.3 is 5.97 Å². The van der Waals surface area contributed by atoms with Gasteiger partial charge in [-0.1, -0.05) is 0 Å². The summed E-state index contributed by atoms with van der Waals surface area (Å²) in [7, 11) is 0. The average molecular weight is 208 g/mol. The molecule has 15 heavy (non-hydrogen) atoms. The molecule has 0 saturated carbocycles. The maximum absolute atomic E-state index is 10.7. The first kappa shape index (κ1) is 9.83. The second-order valence-corrected chi connectivity index (χ2v) is 3.67. The van der Waals surface area contributed by atoms with Gasteiger partial charge in [0.1, 0.15) is 11.5 Å². The van der Waals surface area contributed by atoms with Gasteiger partial charge in [-0.3, -0.25) is 0 Å². The zero-order chi connectivity index (χ0) is 11.0. The van der Waals surface area contributed by atoms with Gasteiger partial charge in [-0.05, 0) is 37.5 Å². The first-order chi connectivity index (χ1) is 7.09. The Bertz CT molecular complexity index is 411. The number of carbonyl (C=O) groups is 1. The molecule has 1 atom stereocenters. The van der Waals surface area contributed by atoms with E-state index in [0.29, 0.717) is 18.6 Å². The van der Waals surface area contributed by atoms with E-state index in [9.17, 15) is 9.90 Å². The Kier molecular flexibility index (Phi) is 2.26. The number of ether oxygens (including phenoxy) is 1. The number of aliphatic carboxylic acids is 1. The fourth-order valence-corrected chi connectivity index (χ4v) is 1.80. The Hall–Kier alpha value is -1.71. The fourth-order valence-electron chi connectivity index (χ4n) is 1.80. The second-order valence-electron chi connectivity index (χ2n) is 3.67. The number of hydrogen-bond acceptors (Lipinski definition) is 3. The third kappa shape index (κ3) is 1.63. The van der Waals surface area contributed by atoms with E-state index in [0.717, 1.165) is 11.1 Å². The van der Waals surface area contributed by atoms with E-state index in [-0.39, 0.29) is 5.75 Å².